The number of anilines is 1. The zero-order valence-electron chi connectivity index (χ0n) is 15.6. The molecule has 3 aromatic rings. The molecule has 3 rings (SSSR count). The Hall–Kier alpha value is -3.07. The maximum atomic E-state index is 12.2. The lowest BCUT2D eigenvalue weighted by atomic mass is 10.2. The molecule has 2 amide bonds. The molecule has 9 heteroatoms. The number of rotatable bonds is 8. The molecule has 28 heavy (non-hydrogen) atoms. The number of furan rings is 1. The molecule has 2 aromatic heterocycles. The van der Waals surface area contributed by atoms with Crippen molar-refractivity contribution in [3.05, 3.63) is 59.8 Å². The van der Waals surface area contributed by atoms with Crippen LogP contribution in [0.1, 0.15) is 28.9 Å². The normalized spacial score (nSPS) is 10.6. The van der Waals surface area contributed by atoms with E-state index >= 15 is 0 Å². The third kappa shape index (κ3) is 5.01. The number of aryl methyl sites for hydroxylation is 1. The fourth-order valence-corrected chi connectivity index (χ4v) is 3.40. The summed E-state index contributed by atoms with van der Waals surface area (Å²) < 4.78 is 6.93. The quantitative estimate of drug-likeness (QED) is 0.565. The van der Waals surface area contributed by atoms with Crippen LogP contribution in [0.3, 0.4) is 0 Å². The number of nitrogens with one attached hydrogen (secondary N) is 2. The number of carbonyl (C=O) groups excluding carboxylic acids is 2. The molecule has 0 saturated carbocycles. The zero-order chi connectivity index (χ0) is 19.9. The van der Waals surface area contributed by atoms with Crippen molar-refractivity contribution in [2.75, 3.05) is 11.1 Å². The monoisotopic (exact) mass is 399 g/mol. The van der Waals surface area contributed by atoms with E-state index in [0.29, 0.717) is 17.5 Å². The highest BCUT2D eigenvalue weighted by atomic mass is 32.2. The molecule has 0 saturated heterocycles. The van der Waals surface area contributed by atoms with Gasteiger partial charge in [-0.15, -0.1) is 10.2 Å². The van der Waals surface area contributed by atoms with Crippen LogP contribution in [-0.2, 0) is 17.9 Å². The highest BCUT2D eigenvalue weighted by Gasteiger charge is 2.15. The molecule has 2 N–H and O–H groups in total. The third-order valence-corrected chi connectivity index (χ3v) is 4.86. The largest absolute Gasteiger partial charge is 0.459 e. The van der Waals surface area contributed by atoms with Crippen molar-refractivity contribution in [1.29, 1.82) is 0 Å². The third-order valence-electron chi connectivity index (χ3n) is 3.90. The Labute approximate surface area is 166 Å². The van der Waals surface area contributed by atoms with E-state index in [2.05, 4.69) is 20.8 Å². The number of amides is 2. The van der Waals surface area contributed by atoms with Gasteiger partial charge < -0.3 is 19.6 Å². The van der Waals surface area contributed by atoms with E-state index < -0.39 is 0 Å². The van der Waals surface area contributed by atoms with E-state index in [1.54, 1.807) is 12.1 Å². The maximum absolute atomic E-state index is 12.2. The van der Waals surface area contributed by atoms with Gasteiger partial charge in [0, 0.05) is 12.2 Å². The van der Waals surface area contributed by atoms with Gasteiger partial charge >= 0.3 is 0 Å². The standard InChI is InChI=1S/C19H21N5O3S/c1-3-24-16(11-20-18(26)15-8-5-9-27-15)22-23-19(24)28-12-17(25)21-14-7-4-6-13(2)10-14/h4-10H,3,11-12H2,1-2H3,(H,20,26)(H,21,25). The minimum absolute atomic E-state index is 0.117. The smallest absolute Gasteiger partial charge is 0.287 e. The minimum atomic E-state index is -0.317. The summed E-state index contributed by atoms with van der Waals surface area (Å²) >= 11 is 1.30. The van der Waals surface area contributed by atoms with E-state index in [-0.39, 0.29) is 29.9 Å². The predicted octanol–water partition coefficient (Wildman–Crippen LogP) is 2.86. The summed E-state index contributed by atoms with van der Waals surface area (Å²) in [5, 5.41) is 14.5. The Balaban J connectivity index is 1.55. The average Bonchev–Trinajstić information content (AvgIpc) is 3.34. The van der Waals surface area contributed by atoms with Crippen LogP contribution < -0.4 is 10.6 Å². The highest BCUT2D eigenvalue weighted by molar-refractivity contribution is 7.99. The van der Waals surface area contributed by atoms with Gasteiger partial charge in [-0.3, -0.25) is 9.59 Å². The number of hydrogen-bond donors (Lipinski definition) is 2. The van der Waals surface area contributed by atoms with Gasteiger partial charge in [0.25, 0.3) is 5.91 Å². The average molecular weight is 399 g/mol. The Morgan fingerprint density at radius 2 is 2.07 bits per heavy atom. The molecule has 8 nitrogen and oxygen atoms in total. The predicted molar refractivity (Wildman–Crippen MR) is 106 cm³/mol. The van der Waals surface area contributed by atoms with Crippen LogP contribution in [0.2, 0.25) is 0 Å². The van der Waals surface area contributed by atoms with Crippen molar-refractivity contribution < 1.29 is 14.0 Å². The molecule has 0 bridgehead atoms. The number of nitrogens with zero attached hydrogens (tertiary/aromatic N) is 3. The number of aromatic nitrogens is 3. The molecule has 0 spiro atoms. The summed E-state index contributed by atoms with van der Waals surface area (Å²) in [5.41, 5.74) is 1.85. The zero-order valence-corrected chi connectivity index (χ0v) is 16.5. The van der Waals surface area contributed by atoms with Gasteiger partial charge in [-0.1, -0.05) is 23.9 Å². The van der Waals surface area contributed by atoms with E-state index in [4.69, 9.17) is 4.42 Å². The van der Waals surface area contributed by atoms with E-state index in [1.807, 2.05) is 42.7 Å². The van der Waals surface area contributed by atoms with Crippen molar-refractivity contribution in [2.24, 2.45) is 0 Å². The van der Waals surface area contributed by atoms with Crippen LogP contribution in [0.25, 0.3) is 0 Å². The number of benzene rings is 1. The summed E-state index contributed by atoms with van der Waals surface area (Å²) in [6.45, 7) is 4.77. The van der Waals surface area contributed by atoms with Crippen LogP contribution in [0.5, 0.6) is 0 Å². The summed E-state index contributed by atoms with van der Waals surface area (Å²) in [5.74, 6) is 0.635. The maximum Gasteiger partial charge on any atom is 0.287 e. The first kappa shape index (κ1) is 19.7. The van der Waals surface area contributed by atoms with E-state index in [0.717, 1.165) is 11.3 Å². The fourth-order valence-electron chi connectivity index (χ4n) is 2.58. The van der Waals surface area contributed by atoms with Crippen LogP contribution >= 0.6 is 11.8 Å². The lowest BCUT2D eigenvalue weighted by Gasteiger charge is -2.08. The molecule has 0 aliphatic carbocycles. The van der Waals surface area contributed by atoms with Crippen LogP contribution in [0, 0.1) is 6.92 Å². The summed E-state index contributed by atoms with van der Waals surface area (Å²) in [6.07, 6.45) is 1.44. The highest BCUT2D eigenvalue weighted by Crippen LogP contribution is 2.18. The lowest BCUT2D eigenvalue weighted by molar-refractivity contribution is -0.113. The molecule has 0 atom stereocenters. The number of thioether (sulfide) groups is 1. The van der Waals surface area contributed by atoms with Crippen LogP contribution in [-0.4, -0.2) is 32.3 Å². The van der Waals surface area contributed by atoms with Gasteiger partial charge in [-0.25, -0.2) is 0 Å². The van der Waals surface area contributed by atoms with Crippen molar-refractivity contribution >= 4 is 29.3 Å². The van der Waals surface area contributed by atoms with E-state index in [9.17, 15) is 9.59 Å². The summed E-state index contributed by atoms with van der Waals surface area (Å²) in [4.78, 5) is 24.2. The van der Waals surface area contributed by atoms with Gasteiger partial charge in [-0.05, 0) is 43.7 Å². The molecule has 1 aromatic carbocycles. The van der Waals surface area contributed by atoms with Gasteiger partial charge in [0.05, 0.1) is 18.6 Å². The summed E-state index contributed by atoms with van der Waals surface area (Å²) in [6, 6.07) is 10.9. The Bertz CT molecular complexity index is 952. The van der Waals surface area contributed by atoms with E-state index in [1.165, 1.54) is 18.0 Å². The first-order chi connectivity index (χ1) is 13.6. The number of carbonyl (C=O) groups is 2. The molecule has 2 heterocycles. The van der Waals surface area contributed by atoms with Crippen molar-refractivity contribution in [3.63, 3.8) is 0 Å². The van der Waals surface area contributed by atoms with Gasteiger partial charge in [0.1, 0.15) is 0 Å². The molecule has 0 aliphatic heterocycles. The SMILES string of the molecule is CCn1c(CNC(=O)c2ccco2)nnc1SCC(=O)Nc1cccc(C)c1. The second-order valence-corrected chi connectivity index (χ2v) is 6.95. The molecule has 146 valence electrons. The first-order valence-electron chi connectivity index (χ1n) is 8.80. The Kier molecular flexibility index (Phi) is 6.49. The molecule has 0 unspecified atom stereocenters. The van der Waals surface area contributed by atoms with Gasteiger partial charge in [0.2, 0.25) is 5.91 Å². The van der Waals surface area contributed by atoms with Crippen LogP contribution in [0.4, 0.5) is 5.69 Å². The Morgan fingerprint density at radius 1 is 1.21 bits per heavy atom. The molecular formula is C19H21N5O3S. The second-order valence-electron chi connectivity index (χ2n) is 6.01. The van der Waals surface area contributed by atoms with Gasteiger partial charge in [-0.2, -0.15) is 0 Å². The molecule has 0 fully saturated rings. The van der Waals surface area contributed by atoms with Gasteiger partial charge in [0.15, 0.2) is 16.7 Å². The minimum Gasteiger partial charge on any atom is -0.459 e. The lowest BCUT2D eigenvalue weighted by Crippen LogP contribution is -2.24. The van der Waals surface area contributed by atoms with Crippen LogP contribution in [0.15, 0.2) is 52.2 Å². The van der Waals surface area contributed by atoms with Crippen molar-refractivity contribution in [2.45, 2.75) is 32.1 Å². The number of hydrogen-bond acceptors (Lipinski definition) is 6. The Morgan fingerprint density at radius 3 is 2.79 bits per heavy atom. The van der Waals surface area contributed by atoms with Crippen molar-refractivity contribution in [1.82, 2.24) is 20.1 Å². The topological polar surface area (TPSA) is 102 Å². The molecule has 0 radical (unpaired) electrons. The second kappa shape index (κ2) is 9.23. The molecular weight excluding hydrogens is 378 g/mol. The summed E-state index contributed by atoms with van der Waals surface area (Å²) in [7, 11) is 0. The van der Waals surface area contributed by atoms with Crippen molar-refractivity contribution in [3.8, 4) is 0 Å². The first-order valence-corrected chi connectivity index (χ1v) is 9.78. The fraction of sp³-hybridized carbons (Fsp3) is 0.263. The molecule has 0 aliphatic rings.